The molecule has 9 nitrogen and oxygen atoms in total. The maximum absolute atomic E-state index is 15.5. The lowest BCUT2D eigenvalue weighted by Crippen LogP contribution is -2.37. The Morgan fingerprint density at radius 3 is 2.69 bits per heavy atom. The third-order valence-corrected chi connectivity index (χ3v) is 7.63. The van der Waals surface area contributed by atoms with Gasteiger partial charge < -0.3 is 14.2 Å². The zero-order valence-electron chi connectivity index (χ0n) is 20.9. The Hall–Kier alpha value is -3.87. The summed E-state index contributed by atoms with van der Waals surface area (Å²) in [5, 5.41) is 8.05. The van der Waals surface area contributed by atoms with Crippen LogP contribution in [0.3, 0.4) is 0 Å². The molecule has 0 saturated carbocycles. The molecular weight excluding hydrogens is 524 g/mol. The van der Waals surface area contributed by atoms with Crippen molar-refractivity contribution in [2.75, 3.05) is 48.4 Å². The smallest absolute Gasteiger partial charge is 0.163 e. The lowest BCUT2D eigenvalue weighted by Gasteiger charge is -2.28. The number of nitrogens with zero attached hydrogens (tertiary/aromatic N) is 5. The summed E-state index contributed by atoms with van der Waals surface area (Å²) in [4.78, 5) is 16.7. The summed E-state index contributed by atoms with van der Waals surface area (Å²) in [7, 11) is 0. The first-order valence-corrected chi connectivity index (χ1v) is 13.9. The van der Waals surface area contributed by atoms with E-state index < -0.39 is 23.9 Å². The molecule has 3 aromatic heterocycles. The topological polar surface area (TPSA) is 115 Å². The number of anilines is 2. The van der Waals surface area contributed by atoms with Gasteiger partial charge in [0.05, 0.1) is 54.2 Å². The van der Waals surface area contributed by atoms with E-state index in [0.717, 1.165) is 16.5 Å². The summed E-state index contributed by atoms with van der Waals surface area (Å²) in [6, 6.07) is 14.1. The predicted molar refractivity (Wildman–Crippen MR) is 148 cm³/mol. The van der Waals surface area contributed by atoms with Crippen LogP contribution in [0.2, 0.25) is 0 Å². The molecule has 0 bridgehead atoms. The molecule has 2 aromatic carbocycles. The predicted octanol–water partition coefficient (Wildman–Crippen LogP) is 4.65. The fourth-order valence-electron chi connectivity index (χ4n) is 4.60. The molecule has 0 amide bonds. The number of hydrogen-bond donors (Lipinski definition) is 2. The van der Waals surface area contributed by atoms with Gasteiger partial charge in [0.1, 0.15) is 17.0 Å². The van der Waals surface area contributed by atoms with Crippen LogP contribution in [-0.2, 0) is 16.1 Å². The van der Waals surface area contributed by atoms with Crippen molar-refractivity contribution in [3.05, 3.63) is 60.5 Å². The molecule has 1 aliphatic rings. The number of rotatable bonds is 8. The Morgan fingerprint density at radius 1 is 1.03 bits per heavy atom. The van der Waals surface area contributed by atoms with E-state index in [2.05, 4.69) is 19.8 Å². The lowest BCUT2D eigenvalue weighted by atomic mass is 10.1. The molecular formula is C27H25F2N7O2S. The second-order valence-electron chi connectivity index (χ2n) is 9.03. The normalized spacial score (nSPS) is 14.7. The number of alkyl halides is 1. The molecule has 0 radical (unpaired) electrons. The number of nitrogens with one attached hydrogen (secondary N) is 2. The molecule has 5 aromatic rings. The molecule has 12 heteroatoms. The molecule has 200 valence electrons. The third-order valence-electron chi connectivity index (χ3n) is 6.52. The van der Waals surface area contributed by atoms with Crippen LogP contribution < -0.4 is 9.62 Å². The van der Waals surface area contributed by atoms with E-state index in [4.69, 9.17) is 19.7 Å². The lowest BCUT2D eigenvalue weighted by molar-refractivity contribution is 0.122. The number of halogens is 2. The minimum Gasteiger partial charge on any atom is -0.593 e. The van der Waals surface area contributed by atoms with Crippen molar-refractivity contribution in [2.24, 2.45) is 0 Å². The Morgan fingerprint density at radius 2 is 1.85 bits per heavy atom. The van der Waals surface area contributed by atoms with Crippen molar-refractivity contribution in [2.45, 2.75) is 6.42 Å². The Kier molecular flexibility index (Phi) is 7.22. The van der Waals surface area contributed by atoms with Gasteiger partial charge in [-0.05, 0) is 30.3 Å². The zero-order chi connectivity index (χ0) is 26.8. The summed E-state index contributed by atoms with van der Waals surface area (Å²) < 4.78 is 48.4. The average molecular weight is 550 g/mol. The fraction of sp³-hybridized carbons (Fsp3) is 0.259. The van der Waals surface area contributed by atoms with E-state index in [1.54, 1.807) is 30.5 Å². The number of pyridine rings is 1. The molecule has 0 spiro atoms. The van der Waals surface area contributed by atoms with Gasteiger partial charge >= 0.3 is 0 Å². The van der Waals surface area contributed by atoms with Crippen LogP contribution in [-0.4, -0.2) is 68.4 Å². The van der Waals surface area contributed by atoms with Crippen molar-refractivity contribution >= 4 is 44.8 Å². The van der Waals surface area contributed by atoms with E-state index in [-0.39, 0.29) is 23.4 Å². The molecule has 0 aliphatic carbocycles. The molecule has 1 unspecified atom stereocenters. The first-order chi connectivity index (χ1) is 19.1. The minimum atomic E-state index is -1.60. The average Bonchev–Trinajstić information content (AvgIpc) is 3.46. The number of benzene rings is 2. The van der Waals surface area contributed by atoms with Crippen molar-refractivity contribution in [3.63, 3.8) is 0 Å². The van der Waals surface area contributed by atoms with Gasteiger partial charge in [-0.25, -0.2) is 24.1 Å². The maximum atomic E-state index is 15.5. The summed E-state index contributed by atoms with van der Waals surface area (Å²) >= 11 is -1.60. The zero-order valence-corrected chi connectivity index (χ0v) is 21.7. The van der Waals surface area contributed by atoms with Crippen molar-refractivity contribution in [1.29, 1.82) is 0 Å². The molecule has 39 heavy (non-hydrogen) atoms. The van der Waals surface area contributed by atoms with Crippen LogP contribution in [0.1, 0.15) is 6.42 Å². The number of morpholine rings is 1. The number of hydrogen-bond acceptors (Lipinski definition) is 8. The number of ether oxygens (including phenoxy) is 1. The van der Waals surface area contributed by atoms with Gasteiger partial charge in [-0.3, -0.25) is 9.49 Å². The summed E-state index contributed by atoms with van der Waals surface area (Å²) in [6.07, 6.45) is 1.89. The van der Waals surface area contributed by atoms with E-state index in [0.29, 0.717) is 54.7 Å². The summed E-state index contributed by atoms with van der Waals surface area (Å²) in [5.41, 5.74) is 3.58. The minimum absolute atomic E-state index is 0.0693. The highest BCUT2D eigenvalue weighted by atomic mass is 32.2. The third kappa shape index (κ3) is 5.10. The molecule has 1 atom stereocenters. The number of aromatic amines is 1. The van der Waals surface area contributed by atoms with E-state index in [1.165, 1.54) is 6.07 Å². The van der Waals surface area contributed by atoms with Gasteiger partial charge in [-0.15, -0.1) is 0 Å². The molecule has 1 aliphatic heterocycles. The monoisotopic (exact) mass is 549 g/mol. The second-order valence-corrected chi connectivity index (χ2v) is 10.3. The van der Waals surface area contributed by atoms with Gasteiger partial charge in [-0.1, -0.05) is 18.2 Å². The highest BCUT2D eigenvalue weighted by Crippen LogP contribution is 2.33. The van der Waals surface area contributed by atoms with Crippen LogP contribution in [0.25, 0.3) is 44.6 Å². The number of fused-ring (bicyclic) bond motifs is 2. The fourth-order valence-corrected chi connectivity index (χ4v) is 5.47. The first kappa shape index (κ1) is 25.4. The van der Waals surface area contributed by atoms with Gasteiger partial charge in [0.15, 0.2) is 17.5 Å². The summed E-state index contributed by atoms with van der Waals surface area (Å²) in [5.74, 6) is 0.681. The maximum Gasteiger partial charge on any atom is 0.163 e. The van der Waals surface area contributed by atoms with Gasteiger partial charge in [0, 0.05) is 36.0 Å². The van der Waals surface area contributed by atoms with Crippen LogP contribution in [0.15, 0.2) is 54.7 Å². The quantitative estimate of drug-likeness (QED) is 0.269. The Bertz CT molecular complexity index is 1630. The standard InChI is InChI=1S/C27H25F2N7O2S/c28-10-3-15-39(37)35-22-7-2-5-18(24(22)29)20-8-9-23-25(31-20)27(36-11-13-38-14-12-36)33-26(32-23)17-4-1-6-21-19(17)16-30-34-21/h1-2,4-9,16,35H,3,10-15H2,(H,30,34). The number of aromatic nitrogens is 5. The molecule has 4 heterocycles. The molecule has 6 rings (SSSR count). The van der Waals surface area contributed by atoms with Crippen LogP contribution >= 0.6 is 0 Å². The highest BCUT2D eigenvalue weighted by Gasteiger charge is 2.22. The van der Waals surface area contributed by atoms with Crippen molar-refractivity contribution in [1.82, 2.24) is 25.1 Å². The van der Waals surface area contributed by atoms with Gasteiger partial charge in [0.2, 0.25) is 0 Å². The molecule has 2 N–H and O–H groups in total. The second kappa shape index (κ2) is 11.1. The Balaban J connectivity index is 1.45. The highest BCUT2D eigenvalue weighted by molar-refractivity contribution is 7.92. The van der Waals surface area contributed by atoms with Crippen LogP contribution in [0.4, 0.5) is 20.3 Å². The van der Waals surface area contributed by atoms with E-state index >= 15 is 4.39 Å². The van der Waals surface area contributed by atoms with Crippen LogP contribution in [0, 0.1) is 5.82 Å². The summed E-state index contributed by atoms with van der Waals surface area (Å²) in [6.45, 7) is 1.79. The molecule has 1 fully saturated rings. The number of H-pyrrole nitrogens is 1. The van der Waals surface area contributed by atoms with E-state index in [9.17, 15) is 8.94 Å². The van der Waals surface area contributed by atoms with E-state index in [1.807, 2.05) is 18.2 Å². The van der Waals surface area contributed by atoms with Gasteiger partial charge in [0.25, 0.3) is 0 Å². The largest absolute Gasteiger partial charge is 0.593 e. The first-order valence-electron chi connectivity index (χ1n) is 12.6. The SMILES string of the molecule is [O-][S+](CCCF)Nc1cccc(-c2ccc3nc(-c4cccc5[nH]ncc45)nc(N4CCOCC4)c3n2)c1F. The van der Waals surface area contributed by atoms with Gasteiger partial charge in [-0.2, -0.15) is 5.10 Å². The van der Waals surface area contributed by atoms with Crippen molar-refractivity contribution < 1.29 is 18.1 Å². The molecule has 1 saturated heterocycles. The van der Waals surface area contributed by atoms with Crippen LogP contribution in [0.5, 0.6) is 0 Å². The van der Waals surface area contributed by atoms with Crippen molar-refractivity contribution in [3.8, 4) is 22.6 Å². The Labute approximate surface area is 225 Å².